The molecule has 1 aromatic carbocycles. The first-order chi connectivity index (χ1) is 11.2. The number of methoxy groups -OCH3 is 1. The zero-order chi connectivity index (χ0) is 16.5. The van der Waals surface area contributed by atoms with Gasteiger partial charge in [-0.3, -0.25) is 4.79 Å². The van der Waals surface area contributed by atoms with Gasteiger partial charge < -0.3 is 25.2 Å². The smallest absolute Gasteiger partial charge is 0.225 e. The molecule has 1 aromatic rings. The molecule has 2 rings (SSSR count). The van der Waals surface area contributed by atoms with E-state index in [4.69, 9.17) is 4.74 Å². The van der Waals surface area contributed by atoms with Gasteiger partial charge in [-0.2, -0.15) is 0 Å². The lowest BCUT2D eigenvalue weighted by molar-refractivity contribution is -0.116. The van der Waals surface area contributed by atoms with Gasteiger partial charge in [0.2, 0.25) is 5.91 Å². The number of amides is 1. The predicted molar refractivity (Wildman–Crippen MR) is 94.1 cm³/mol. The second-order valence-corrected chi connectivity index (χ2v) is 5.88. The molecule has 0 saturated carbocycles. The Morgan fingerprint density at radius 1 is 1.13 bits per heavy atom. The van der Waals surface area contributed by atoms with E-state index in [9.17, 15) is 4.79 Å². The zero-order valence-electron chi connectivity index (χ0n) is 14.2. The monoisotopic (exact) mass is 320 g/mol. The first-order valence-electron chi connectivity index (χ1n) is 8.22. The van der Waals surface area contributed by atoms with Crippen LogP contribution in [0.3, 0.4) is 0 Å². The number of rotatable bonds is 8. The zero-order valence-corrected chi connectivity index (χ0v) is 14.2. The summed E-state index contributed by atoms with van der Waals surface area (Å²) in [5.41, 5.74) is 2.07. The number of piperazine rings is 1. The number of hydrogen-bond acceptors (Lipinski definition) is 5. The summed E-state index contributed by atoms with van der Waals surface area (Å²) in [5, 5.41) is 6.10. The van der Waals surface area contributed by atoms with Gasteiger partial charge >= 0.3 is 0 Å². The van der Waals surface area contributed by atoms with Gasteiger partial charge in [0.15, 0.2) is 0 Å². The van der Waals surface area contributed by atoms with Gasteiger partial charge in [-0.05, 0) is 31.3 Å². The Kier molecular flexibility index (Phi) is 7.32. The van der Waals surface area contributed by atoms with Crippen molar-refractivity contribution in [2.75, 3.05) is 70.2 Å². The molecule has 0 atom stereocenters. The van der Waals surface area contributed by atoms with Crippen LogP contribution in [0, 0.1) is 0 Å². The van der Waals surface area contributed by atoms with E-state index in [1.165, 1.54) is 5.69 Å². The molecule has 6 heteroatoms. The lowest BCUT2D eigenvalue weighted by atomic mass is 10.2. The molecular formula is C17H28N4O2. The summed E-state index contributed by atoms with van der Waals surface area (Å²) < 4.78 is 4.94. The van der Waals surface area contributed by atoms with Gasteiger partial charge in [0.1, 0.15) is 0 Å². The maximum absolute atomic E-state index is 11.9. The van der Waals surface area contributed by atoms with Crippen LogP contribution >= 0.6 is 0 Å². The molecule has 1 amide bonds. The SMILES string of the molecule is COCCNCCC(=O)Nc1ccc(N2CCN(C)CC2)cc1. The maximum atomic E-state index is 11.9. The number of anilines is 2. The standard InChI is InChI=1S/C17H28N4O2/c1-20-10-12-21(13-11-20)16-5-3-15(4-6-16)19-17(22)7-8-18-9-14-23-2/h3-6,18H,7-14H2,1-2H3,(H,19,22). The van der Waals surface area contributed by atoms with Crippen molar-refractivity contribution in [2.45, 2.75) is 6.42 Å². The van der Waals surface area contributed by atoms with Gasteiger partial charge in [0.25, 0.3) is 0 Å². The number of benzene rings is 1. The van der Waals surface area contributed by atoms with Crippen molar-refractivity contribution in [3.63, 3.8) is 0 Å². The van der Waals surface area contributed by atoms with E-state index in [-0.39, 0.29) is 5.91 Å². The summed E-state index contributed by atoms with van der Waals surface area (Å²) in [7, 11) is 3.82. The van der Waals surface area contributed by atoms with Gasteiger partial charge in [-0.1, -0.05) is 0 Å². The highest BCUT2D eigenvalue weighted by atomic mass is 16.5. The Bertz CT molecular complexity index is 470. The highest BCUT2D eigenvalue weighted by molar-refractivity contribution is 5.91. The third-order valence-electron chi connectivity index (χ3n) is 4.03. The summed E-state index contributed by atoms with van der Waals surface area (Å²) in [6.07, 6.45) is 0.462. The fraction of sp³-hybridized carbons (Fsp3) is 0.588. The summed E-state index contributed by atoms with van der Waals surface area (Å²) in [6.45, 7) is 6.38. The number of hydrogen-bond donors (Lipinski definition) is 2. The van der Waals surface area contributed by atoms with Crippen LogP contribution in [0.15, 0.2) is 24.3 Å². The first-order valence-corrected chi connectivity index (χ1v) is 8.22. The van der Waals surface area contributed by atoms with Gasteiger partial charge in [0.05, 0.1) is 6.61 Å². The van der Waals surface area contributed by atoms with Crippen LogP contribution in [0.25, 0.3) is 0 Å². The van der Waals surface area contributed by atoms with Gasteiger partial charge in [-0.25, -0.2) is 0 Å². The predicted octanol–water partition coefficient (Wildman–Crippen LogP) is 1.00. The fourth-order valence-corrected chi connectivity index (χ4v) is 2.54. The van der Waals surface area contributed by atoms with Crippen LogP contribution in [-0.2, 0) is 9.53 Å². The first kappa shape index (κ1) is 17.7. The quantitative estimate of drug-likeness (QED) is 0.700. The van der Waals surface area contributed by atoms with Crippen molar-refractivity contribution in [1.29, 1.82) is 0 Å². The molecular weight excluding hydrogens is 292 g/mol. The maximum Gasteiger partial charge on any atom is 0.225 e. The molecule has 0 unspecified atom stereocenters. The molecule has 1 saturated heterocycles. The minimum atomic E-state index is 0.0299. The summed E-state index contributed by atoms with van der Waals surface area (Å²) >= 11 is 0. The number of likely N-dealkylation sites (N-methyl/N-ethyl adjacent to an activating group) is 1. The molecule has 1 aliphatic heterocycles. The van der Waals surface area contributed by atoms with Crippen LogP contribution in [0.2, 0.25) is 0 Å². The number of nitrogens with one attached hydrogen (secondary N) is 2. The molecule has 0 bridgehead atoms. The third kappa shape index (κ3) is 6.17. The van der Waals surface area contributed by atoms with Crippen LogP contribution in [0.4, 0.5) is 11.4 Å². The fourth-order valence-electron chi connectivity index (χ4n) is 2.54. The molecule has 0 spiro atoms. The second kappa shape index (κ2) is 9.50. The summed E-state index contributed by atoms with van der Waals surface area (Å²) in [4.78, 5) is 16.6. The molecule has 0 aliphatic carbocycles. The van der Waals surface area contributed by atoms with E-state index in [1.807, 2.05) is 12.1 Å². The molecule has 0 aromatic heterocycles. The molecule has 1 heterocycles. The highest BCUT2D eigenvalue weighted by Crippen LogP contribution is 2.19. The van der Waals surface area contributed by atoms with E-state index in [1.54, 1.807) is 7.11 Å². The minimum Gasteiger partial charge on any atom is -0.383 e. The van der Waals surface area contributed by atoms with Crippen molar-refractivity contribution < 1.29 is 9.53 Å². The van der Waals surface area contributed by atoms with Crippen LogP contribution in [0.1, 0.15) is 6.42 Å². The van der Waals surface area contributed by atoms with Crippen molar-refractivity contribution in [3.8, 4) is 0 Å². The van der Waals surface area contributed by atoms with E-state index in [2.05, 4.69) is 39.6 Å². The van der Waals surface area contributed by atoms with Crippen LogP contribution in [0.5, 0.6) is 0 Å². The van der Waals surface area contributed by atoms with Gasteiger partial charge in [-0.15, -0.1) is 0 Å². The van der Waals surface area contributed by atoms with Crippen LogP contribution in [-0.4, -0.2) is 70.8 Å². The van der Waals surface area contributed by atoms with E-state index in [0.717, 1.165) is 38.4 Å². The molecule has 1 aliphatic rings. The number of carbonyl (C=O) groups excluding carboxylic acids is 1. The molecule has 128 valence electrons. The Morgan fingerprint density at radius 3 is 2.48 bits per heavy atom. The second-order valence-electron chi connectivity index (χ2n) is 5.88. The van der Waals surface area contributed by atoms with Crippen molar-refractivity contribution in [1.82, 2.24) is 10.2 Å². The molecule has 0 radical (unpaired) electrons. The Balaban J connectivity index is 1.73. The van der Waals surface area contributed by atoms with Crippen molar-refractivity contribution in [2.24, 2.45) is 0 Å². The summed E-state index contributed by atoms with van der Waals surface area (Å²) in [6, 6.07) is 8.11. The average Bonchev–Trinajstić information content (AvgIpc) is 2.56. The number of ether oxygens (including phenoxy) is 1. The Morgan fingerprint density at radius 2 is 1.83 bits per heavy atom. The topological polar surface area (TPSA) is 56.8 Å². The lowest BCUT2D eigenvalue weighted by Gasteiger charge is -2.34. The largest absolute Gasteiger partial charge is 0.383 e. The van der Waals surface area contributed by atoms with E-state index in [0.29, 0.717) is 19.6 Å². The molecule has 2 N–H and O–H groups in total. The van der Waals surface area contributed by atoms with E-state index >= 15 is 0 Å². The molecule has 1 fully saturated rings. The third-order valence-corrected chi connectivity index (χ3v) is 4.03. The van der Waals surface area contributed by atoms with Crippen molar-refractivity contribution >= 4 is 17.3 Å². The average molecular weight is 320 g/mol. The summed E-state index contributed by atoms with van der Waals surface area (Å²) in [5.74, 6) is 0.0299. The minimum absolute atomic E-state index is 0.0299. The van der Waals surface area contributed by atoms with Gasteiger partial charge in [0, 0.05) is 64.2 Å². The highest BCUT2D eigenvalue weighted by Gasteiger charge is 2.14. The number of nitrogens with zero attached hydrogens (tertiary/aromatic N) is 2. The lowest BCUT2D eigenvalue weighted by Crippen LogP contribution is -2.44. The van der Waals surface area contributed by atoms with Crippen molar-refractivity contribution in [3.05, 3.63) is 24.3 Å². The molecule has 6 nitrogen and oxygen atoms in total. The number of carbonyl (C=O) groups is 1. The normalized spacial score (nSPS) is 15.7. The van der Waals surface area contributed by atoms with E-state index < -0.39 is 0 Å². The Hall–Kier alpha value is -1.63. The Labute approximate surface area is 138 Å². The molecule has 23 heavy (non-hydrogen) atoms. The van der Waals surface area contributed by atoms with Crippen LogP contribution < -0.4 is 15.5 Å².